The van der Waals surface area contributed by atoms with Crippen molar-refractivity contribution < 1.29 is 24.2 Å². The van der Waals surface area contributed by atoms with Crippen molar-refractivity contribution in [3.8, 4) is 5.75 Å². The van der Waals surface area contributed by atoms with Crippen molar-refractivity contribution in [1.29, 1.82) is 0 Å². The van der Waals surface area contributed by atoms with Gasteiger partial charge < -0.3 is 19.9 Å². The minimum absolute atomic E-state index is 0.0215. The van der Waals surface area contributed by atoms with E-state index in [1.54, 1.807) is 12.1 Å². The van der Waals surface area contributed by atoms with Crippen LogP contribution in [0.15, 0.2) is 18.2 Å². The van der Waals surface area contributed by atoms with Crippen LogP contribution in [-0.4, -0.2) is 37.3 Å². The van der Waals surface area contributed by atoms with Crippen molar-refractivity contribution in [3.63, 3.8) is 0 Å². The molecule has 0 saturated carbocycles. The number of carboxylic acid groups (broad SMARTS) is 1. The van der Waals surface area contributed by atoms with E-state index in [-0.39, 0.29) is 11.5 Å². The first-order valence-corrected chi connectivity index (χ1v) is 6.85. The fraction of sp³-hybridized carbons (Fsp3) is 0.467. The first-order valence-electron chi connectivity index (χ1n) is 6.85. The van der Waals surface area contributed by atoms with Crippen molar-refractivity contribution in [2.24, 2.45) is 5.92 Å². The van der Waals surface area contributed by atoms with Crippen LogP contribution in [0.1, 0.15) is 28.8 Å². The number of amides is 1. The topological polar surface area (TPSA) is 84.9 Å². The molecule has 114 valence electrons. The van der Waals surface area contributed by atoms with Gasteiger partial charge >= 0.3 is 5.97 Å². The van der Waals surface area contributed by atoms with Crippen molar-refractivity contribution in [2.45, 2.75) is 19.4 Å². The third-order valence-electron chi connectivity index (χ3n) is 3.48. The summed E-state index contributed by atoms with van der Waals surface area (Å²) in [4.78, 5) is 22.8. The highest BCUT2D eigenvalue weighted by molar-refractivity contribution is 5.91. The molecule has 1 atom stereocenters. The van der Waals surface area contributed by atoms with Crippen LogP contribution in [0.4, 0.5) is 0 Å². The molecule has 1 aromatic carbocycles. The molecule has 1 aliphatic heterocycles. The molecule has 0 spiro atoms. The lowest BCUT2D eigenvalue weighted by atomic mass is 10.0. The van der Waals surface area contributed by atoms with E-state index in [4.69, 9.17) is 14.6 Å². The Morgan fingerprint density at radius 1 is 1.48 bits per heavy atom. The lowest BCUT2D eigenvalue weighted by molar-refractivity contribution is -0.122. The Kier molecular flexibility index (Phi) is 5.16. The third kappa shape index (κ3) is 4.19. The number of carbonyl (C=O) groups is 2. The van der Waals surface area contributed by atoms with Crippen molar-refractivity contribution in [2.75, 3.05) is 20.3 Å². The average Bonchev–Trinajstić information content (AvgIpc) is 2.97. The highest BCUT2D eigenvalue weighted by Gasteiger charge is 2.19. The lowest BCUT2D eigenvalue weighted by Crippen LogP contribution is -2.25. The smallest absolute Gasteiger partial charge is 0.339 e. The maximum atomic E-state index is 11.8. The van der Waals surface area contributed by atoms with Crippen LogP contribution in [0, 0.1) is 5.92 Å². The predicted molar refractivity (Wildman–Crippen MR) is 75.3 cm³/mol. The van der Waals surface area contributed by atoms with Gasteiger partial charge in [0.05, 0.1) is 7.11 Å². The van der Waals surface area contributed by atoms with Crippen molar-refractivity contribution in [3.05, 3.63) is 29.3 Å². The zero-order chi connectivity index (χ0) is 15.2. The van der Waals surface area contributed by atoms with Gasteiger partial charge in [-0.05, 0) is 30.0 Å². The summed E-state index contributed by atoms with van der Waals surface area (Å²) in [5.74, 6) is -0.470. The zero-order valence-corrected chi connectivity index (χ0v) is 11.9. The molecule has 1 aromatic rings. The molecule has 1 amide bonds. The van der Waals surface area contributed by atoms with Gasteiger partial charge in [0, 0.05) is 26.2 Å². The number of carbonyl (C=O) groups excluding carboxylic acids is 1. The molecule has 6 heteroatoms. The predicted octanol–water partition coefficient (Wildman–Crippen LogP) is 1.44. The van der Waals surface area contributed by atoms with Crippen LogP contribution in [0.5, 0.6) is 5.75 Å². The minimum atomic E-state index is -1.04. The standard InChI is InChI=1S/C15H19NO5/c1-20-13-6-10(2-3-12(13)15(18)19)8-16-14(17)7-11-4-5-21-9-11/h2-3,6,11H,4-5,7-9H2,1H3,(H,16,17)(H,18,19). The fourth-order valence-corrected chi connectivity index (χ4v) is 2.30. The summed E-state index contributed by atoms with van der Waals surface area (Å²) in [6, 6.07) is 4.78. The van der Waals surface area contributed by atoms with E-state index in [2.05, 4.69) is 5.32 Å². The molecule has 0 aliphatic carbocycles. The van der Waals surface area contributed by atoms with Crippen LogP contribution in [0.2, 0.25) is 0 Å². The van der Waals surface area contributed by atoms with Crippen LogP contribution in [0.3, 0.4) is 0 Å². The number of aromatic carboxylic acids is 1. The molecule has 1 unspecified atom stereocenters. The first kappa shape index (κ1) is 15.3. The lowest BCUT2D eigenvalue weighted by Gasteiger charge is -2.10. The molecule has 0 aromatic heterocycles. The molecule has 2 rings (SSSR count). The van der Waals surface area contributed by atoms with E-state index in [1.165, 1.54) is 13.2 Å². The van der Waals surface area contributed by atoms with Crippen LogP contribution >= 0.6 is 0 Å². The molecule has 0 radical (unpaired) electrons. The number of hydrogen-bond acceptors (Lipinski definition) is 4. The summed E-state index contributed by atoms with van der Waals surface area (Å²) in [7, 11) is 1.42. The van der Waals surface area contributed by atoms with Crippen molar-refractivity contribution in [1.82, 2.24) is 5.32 Å². The average molecular weight is 293 g/mol. The molecule has 1 fully saturated rings. The summed E-state index contributed by atoms with van der Waals surface area (Å²) in [5, 5.41) is 11.8. The maximum absolute atomic E-state index is 11.8. The third-order valence-corrected chi connectivity index (χ3v) is 3.48. The number of hydrogen-bond donors (Lipinski definition) is 2. The number of ether oxygens (including phenoxy) is 2. The first-order chi connectivity index (χ1) is 10.1. The van der Waals surface area contributed by atoms with Crippen molar-refractivity contribution >= 4 is 11.9 Å². The zero-order valence-electron chi connectivity index (χ0n) is 11.9. The Bertz CT molecular complexity index is 523. The molecule has 0 bridgehead atoms. The Morgan fingerprint density at radius 3 is 2.90 bits per heavy atom. The van der Waals surface area contributed by atoms with Crippen LogP contribution < -0.4 is 10.1 Å². The van der Waals surface area contributed by atoms with Gasteiger partial charge in [0.2, 0.25) is 5.91 Å². The number of nitrogens with one attached hydrogen (secondary N) is 1. The Labute approximate surface area is 123 Å². The van der Waals surface area contributed by atoms with Gasteiger partial charge in [-0.2, -0.15) is 0 Å². The monoisotopic (exact) mass is 293 g/mol. The van der Waals surface area contributed by atoms with Gasteiger partial charge in [-0.1, -0.05) is 6.07 Å². The fourth-order valence-electron chi connectivity index (χ4n) is 2.30. The van der Waals surface area contributed by atoms with Gasteiger partial charge in [-0.3, -0.25) is 4.79 Å². The molecular formula is C15H19NO5. The summed E-state index contributed by atoms with van der Waals surface area (Å²) in [6.45, 7) is 1.73. The van der Waals surface area contributed by atoms with Crippen LogP contribution in [0.25, 0.3) is 0 Å². The second-order valence-corrected chi connectivity index (χ2v) is 5.05. The van der Waals surface area contributed by atoms with Gasteiger partial charge in [-0.15, -0.1) is 0 Å². The summed E-state index contributed by atoms with van der Waals surface area (Å²) in [6.07, 6.45) is 1.39. The Hall–Kier alpha value is -2.08. The van der Waals surface area contributed by atoms with Gasteiger partial charge in [0.25, 0.3) is 0 Å². The van der Waals surface area contributed by atoms with E-state index in [1.807, 2.05) is 0 Å². The van der Waals surface area contributed by atoms with Gasteiger partial charge in [-0.25, -0.2) is 4.79 Å². The van der Waals surface area contributed by atoms with Gasteiger partial charge in [0.15, 0.2) is 0 Å². The minimum Gasteiger partial charge on any atom is -0.496 e. The number of carboxylic acids is 1. The second kappa shape index (κ2) is 7.08. The van der Waals surface area contributed by atoms with E-state index in [0.29, 0.717) is 31.2 Å². The van der Waals surface area contributed by atoms with E-state index in [9.17, 15) is 9.59 Å². The van der Waals surface area contributed by atoms with E-state index < -0.39 is 5.97 Å². The highest BCUT2D eigenvalue weighted by Crippen LogP contribution is 2.20. The van der Waals surface area contributed by atoms with E-state index >= 15 is 0 Å². The second-order valence-electron chi connectivity index (χ2n) is 5.05. The van der Waals surface area contributed by atoms with E-state index in [0.717, 1.165) is 18.6 Å². The molecule has 1 saturated heterocycles. The molecule has 1 aliphatic rings. The number of benzene rings is 1. The summed E-state index contributed by atoms with van der Waals surface area (Å²) in [5.41, 5.74) is 0.906. The Morgan fingerprint density at radius 2 is 2.29 bits per heavy atom. The number of rotatable bonds is 6. The number of methoxy groups -OCH3 is 1. The molecule has 21 heavy (non-hydrogen) atoms. The highest BCUT2D eigenvalue weighted by atomic mass is 16.5. The molecule has 2 N–H and O–H groups in total. The summed E-state index contributed by atoms with van der Waals surface area (Å²) >= 11 is 0. The molecule has 6 nitrogen and oxygen atoms in total. The molecular weight excluding hydrogens is 274 g/mol. The Balaban J connectivity index is 1.90. The van der Waals surface area contributed by atoms with Crippen LogP contribution in [-0.2, 0) is 16.1 Å². The maximum Gasteiger partial charge on any atom is 0.339 e. The quantitative estimate of drug-likeness (QED) is 0.829. The molecule has 1 heterocycles. The van der Waals surface area contributed by atoms with Gasteiger partial charge in [0.1, 0.15) is 11.3 Å². The summed E-state index contributed by atoms with van der Waals surface area (Å²) < 4.78 is 10.3. The normalized spacial score (nSPS) is 17.5. The largest absolute Gasteiger partial charge is 0.496 e. The SMILES string of the molecule is COc1cc(CNC(=O)CC2CCOC2)ccc1C(=O)O.